The van der Waals surface area contributed by atoms with Crippen LogP contribution in [0.15, 0.2) is 65.5 Å². The number of benzene rings is 2. The zero-order valence-electron chi connectivity index (χ0n) is 16.8. The van der Waals surface area contributed by atoms with Gasteiger partial charge < -0.3 is 19.2 Å². The van der Waals surface area contributed by atoms with E-state index in [0.29, 0.717) is 34.1 Å². The van der Waals surface area contributed by atoms with Gasteiger partial charge in [0.1, 0.15) is 11.5 Å². The largest absolute Gasteiger partial charge is 0.493 e. The molecule has 0 bridgehead atoms. The number of hydrogen-bond donors (Lipinski definition) is 1. The number of fused-ring (bicyclic) bond motifs is 1. The van der Waals surface area contributed by atoms with Crippen LogP contribution in [0.5, 0.6) is 23.0 Å². The minimum absolute atomic E-state index is 0.495. The Balaban J connectivity index is 1.73. The highest BCUT2D eigenvalue weighted by Gasteiger charge is 2.12. The van der Waals surface area contributed by atoms with Crippen molar-refractivity contribution in [3.63, 3.8) is 0 Å². The fraction of sp³-hybridized carbons (Fsp3) is 0.0833. The lowest BCUT2D eigenvalue weighted by Crippen LogP contribution is -1.93. The molecule has 0 saturated carbocycles. The predicted molar refractivity (Wildman–Crippen MR) is 123 cm³/mol. The summed E-state index contributed by atoms with van der Waals surface area (Å²) < 4.78 is 17.6. The minimum atomic E-state index is 0.495. The molecule has 0 atom stereocenters. The van der Waals surface area contributed by atoms with E-state index >= 15 is 0 Å². The van der Waals surface area contributed by atoms with Gasteiger partial charge in [-0.3, -0.25) is 4.98 Å². The average Bonchev–Trinajstić information content (AvgIpc) is 3.21. The number of ether oxygens (including phenoxy) is 3. The molecule has 0 aliphatic rings. The van der Waals surface area contributed by atoms with Gasteiger partial charge in [-0.25, -0.2) is 0 Å². The monoisotopic (exact) mass is 475 g/mol. The number of aromatic amines is 1. The van der Waals surface area contributed by atoms with Crippen LogP contribution in [-0.4, -0.2) is 24.2 Å². The molecule has 1 N–H and O–H groups in total. The van der Waals surface area contributed by atoms with E-state index in [2.05, 4.69) is 32.0 Å². The molecule has 0 amide bonds. The van der Waals surface area contributed by atoms with Gasteiger partial charge in [-0.1, -0.05) is 15.9 Å². The number of rotatable bonds is 6. The van der Waals surface area contributed by atoms with Crippen LogP contribution in [0.25, 0.3) is 22.6 Å². The van der Waals surface area contributed by atoms with Gasteiger partial charge in [-0.15, -0.1) is 0 Å². The SMILES string of the molecule is COc1ccc(Oc2ccncc2/C=C(\C#N)c2c[nH]c3ccc(Br)cc23)cc1OC. The second kappa shape index (κ2) is 8.94. The van der Waals surface area contributed by atoms with Crippen LogP contribution in [-0.2, 0) is 0 Å². The number of methoxy groups -OCH3 is 2. The maximum absolute atomic E-state index is 9.86. The van der Waals surface area contributed by atoms with Crippen molar-refractivity contribution in [1.29, 1.82) is 5.26 Å². The molecule has 0 aliphatic heterocycles. The number of allylic oxidation sites excluding steroid dienone is 1. The van der Waals surface area contributed by atoms with E-state index in [4.69, 9.17) is 14.2 Å². The summed E-state index contributed by atoms with van der Waals surface area (Å²) >= 11 is 3.49. The Hall–Kier alpha value is -3.76. The Labute approximate surface area is 187 Å². The number of nitriles is 1. The maximum Gasteiger partial charge on any atom is 0.164 e. The fourth-order valence-corrected chi connectivity index (χ4v) is 3.60. The third kappa shape index (κ3) is 4.25. The summed E-state index contributed by atoms with van der Waals surface area (Å²) in [6.45, 7) is 0. The number of hydrogen-bond acceptors (Lipinski definition) is 5. The predicted octanol–water partition coefficient (Wildman–Crippen LogP) is 6.20. The standard InChI is InChI=1S/C24H18BrN3O3/c1-29-23-6-4-18(11-24(23)30-2)31-22-7-8-27-13-16(22)9-15(12-26)20-14-28-21-5-3-17(25)10-19(20)21/h3-11,13-14,28H,1-2H3/b15-9+. The summed E-state index contributed by atoms with van der Waals surface area (Å²) in [5.74, 6) is 2.32. The zero-order valence-corrected chi connectivity index (χ0v) is 18.4. The van der Waals surface area contributed by atoms with Crippen LogP contribution >= 0.6 is 15.9 Å². The molecule has 31 heavy (non-hydrogen) atoms. The van der Waals surface area contributed by atoms with Gasteiger partial charge in [-0.05, 0) is 42.5 Å². The summed E-state index contributed by atoms with van der Waals surface area (Å²) in [5, 5.41) is 10.8. The number of nitrogens with zero attached hydrogens (tertiary/aromatic N) is 2. The van der Waals surface area contributed by atoms with E-state index in [1.165, 1.54) is 0 Å². The van der Waals surface area contributed by atoms with Crippen LogP contribution in [0.4, 0.5) is 0 Å². The Morgan fingerprint density at radius 1 is 1.06 bits per heavy atom. The summed E-state index contributed by atoms with van der Waals surface area (Å²) in [6.07, 6.45) is 6.91. The van der Waals surface area contributed by atoms with Gasteiger partial charge in [0.2, 0.25) is 0 Å². The van der Waals surface area contributed by atoms with E-state index in [0.717, 1.165) is 20.9 Å². The Bertz CT molecular complexity index is 1320. The van der Waals surface area contributed by atoms with Gasteiger partial charge in [0.05, 0.1) is 25.9 Å². The van der Waals surface area contributed by atoms with Gasteiger partial charge in [0, 0.05) is 51.2 Å². The average molecular weight is 476 g/mol. The summed E-state index contributed by atoms with van der Waals surface area (Å²) in [5.41, 5.74) is 2.93. The van der Waals surface area contributed by atoms with Crippen molar-refractivity contribution in [3.8, 4) is 29.1 Å². The molecule has 0 unspecified atom stereocenters. The second-order valence-electron chi connectivity index (χ2n) is 6.59. The maximum atomic E-state index is 9.86. The van der Waals surface area contributed by atoms with E-state index in [1.54, 1.807) is 57.0 Å². The number of halogens is 1. The molecule has 6 nitrogen and oxygen atoms in total. The number of pyridine rings is 1. The number of aromatic nitrogens is 2. The normalized spacial score (nSPS) is 11.2. The van der Waals surface area contributed by atoms with Gasteiger partial charge >= 0.3 is 0 Å². The quantitative estimate of drug-likeness (QED) is 0.335. The van der Waals surface area contributed by atoms with Gasteiger partial charge in [0.15, 0.2) is 11.5 Å². The van der Waals surface area contributed by atoms with Crippen molar-refractivity contribution in [1.82, 2.24) is 9.97 Å². The first-order chi connectivity index (χ1) is 15.1. The number of nitrogens with one attached hydrogen (secondary N) is 1. The molecule has 7 heteroatoms. The fourth-order valence-electron chi connectivity index (χ4n) is 3.24. The first kappa shape index (κ1) is 20.5. The Morgan fingerprint density at radius 3 is 2.68 bits per heavy atom. The first-order valence-electron chi connectivity index (χ1n) is 9.35. The summed E-state index contributed by atoms with van der Waals surface area (Å²) in [7, 11) is 3.15. The first-order valence-corrected chi connectivity index (χ1v) is 10.1. The van der Waals surface area contributed by atoms with Gasteiger partial charge in [-0.2, -0.15) is 5.26 Å². The molecular formula is C24H18BrN3O3. The molecule has 2 aromatic carbocycles. The van der Waals surface area contributed by atoms with Crippen LogP contribution in [0.3, 0.4) is 0 Å². The van der Waals surface area contributed by atoms with E-state index in [-0.39, 0.29) is 0 Å². The molecule has 2 aromatic heterocycles. The van der Waals surface area contributed by atoms with Crippen molar-refractivity contribution < 1.29 is 14.2 Å². The van der Waals surface area contributed by atoms with Crippen LogP contribution in [0.1, 0.15) is 11.1 Å². The highest BCUT2D eigenvalue weighted by atomic mass is 79.9. The topological polar surface area (TPSA) is 80.2 Å². The lowest BCUT2D eigenvalue weighted by atomic mass is 10.0. The van der Waals surface area contributed by atoms with Crippen LogP contribution in [0, 0.1) is 11.3 Å². The van der Waals surface area contributed by atoms with Crippen molar-refractivity contribution in [3.05, 3.63) is 76.7 Å². The molecule has 154 valence electrons. The van der Waals surface area contributed by atoms with Crippen molar-refractivity contribution in [2.24, 2.45) is 0 Å². The Kier molecular flexibility index (Phi) is 5.92. The zero-order chi connectivity index (χ0) is 21.8. The molecule has 4 rings (SSSR count). The molecule has 4 aromatic rings. The molecule has 0 spiro atoms. The van der Waals surface area contributed by atoms with Gasteiger partial charge in [0.25, 0.3) is 0 Å². The lowest BCUT2D eigenvalue weighted by molar-refractivity contribution is 0.352. The minimum Gasteiger partial charge on any atom is -0.493 e. The number of H-pyrrole nitrogens is 1. The van der Waals surface area contributed by atoms with Crippen molar-refractivity contribution in [2.45, 2.75) is 0 Å². The molecule has 0 aliphatic carbocycles. The molecule has 0 radical (unpaired) electrons. The lowest BCUT2D eigenvalue weighted by Gasteiger charge is -2.12. The third-order valence-electron chi connectivity index (χ3n) is 4.75. The van der Waals surface area contributed by atoms with Crippen LogP contribution < -0.4 is 14.2 Å². The van der Waals surface area contributed by atoms with Crippen LogP contribution in [0.2, 0.25) is 0 Å². The van der Waals surface area contributed by atoms with E-state index in [1.807, 2.05) is 24.4 Å². The molecular weight excluding hydrogens is 458 g/mol. The van der Waals surface area contributed by atoms with Crippen molar-refractivity contribution in [2.75, 3.05) is 14.2 Å². The van der Waals surface area contributed by atoms with E-state index in [9.17, 15) is 5.26 Å². The smallest absolute Gasteiger partial charge is 0.164 e. The summed E-state index contributed by atoms with van der Waals surface area (Å²) in [4.78, 5) is 7.41. The molecule has 0 fully saturated rings. The highest BCUT2D eigenvalue weighted by Crippen LogP contribution is 2.35. The van der Waals surface area contributed by atoms with E-state index < -0.39 is 0 Å². The molecule has 2 heterocycles. The molecule has 0 saturated heterocycles. The Morgan fingerprint density at radius 2 is 1.90 bits per heavy atom. The second-order valence-corrected chi connectivity index (χ2v) is 7.51. The van der Waals surface area contributed by atoms with Crippen molar-refractivity contribution >= 4 is 38.5 Å². The summed E-state index contributed by atoms with van der Waals surface area (Å²) in [6, 6.07) is 15.3. The highest BCUT2D eigenvalue weighted by molar-refractivity contribution is 9.10. The third-order valence-corrected chi connectivity index (χ3v) is 5.24.